The van der Waals surface area contributed by atoms with Gasteiger partial charge in [-0.15, -0.1) is 0 Å². The number of nitrogens with one attached hydrogen (secondary N) is 1. The molecule has 0 aliphatic heterocycles. The summed E-state index contributed by atoms with van der Waals surface area (Å²) in [6.07, 6.45) is -0.861. The Hall–Kier alpha value is -1.30. The quantitative estimate of drug-likeness (QED) is 0.791. The highest BCUT2D eigenvalue weighted by Crippen LogP contribution is 2.19. The average Bonchev–Trinajstić information content (AvgIpc) is 2.35. The number of alkyl halides is 3. The molecule has 1 rings (SSSR count). The second kappa shape index (κ2) is 8.09. The van der Waals surface area contributed by atoms with Crippen LogP contribution >= 0.6 is 0 Å². The molecule has 0 bridgehead atoms. The van der Waals surface area contributed by atoms with Crippen LogP contribution in [0.2, 0.25) is 0 Å². The van der Waals surface area contributed by atoms with Gasteiger partial charge >= 0.3 is 6.18 Å². The topological polar surface area (TPSA) is 28.2 Å². The lowest BCUT2D eigenvalue weighted by Crippen LogP contribution is -2.34. The Morgan fingerprint density at radius 2 is 2.00 bits per heavy atom. The summed E-state index contributed by atoms with van der Waals surface area (Å²) in [6.45, 7) is 4.57. The SMILES string of the molecule is CCCNc1cc(CN(CCC)CC(F)(F)F)ccn1. The second-order valence-electron chi connectivity index (χ2n) is 4.80. The van der Waals surface area contributed by atoms with E-state index in [4.69, 9.17) is 0 Å². The summed E-state index contributed by atoms with van der Waals surface area (Å²) in [5, 5.41) is 3.14. The first-order valence-corrected chi connectivity index (χ1v) is 6.92. The van der Waals surface area contributed by atoms with Crippen molar-refractivity contribution in [1.29, 1.82) is 0 Å². The lowest BCUT2D eigenvalue weighted by molar-refractivity contribution is -0.147. The highest BCUT2D eigenvalue weighted by atomic mass is 19.4. The summed E-state index contributed by atoms with van der Waals surface area (Å²) in [6, 6.07) is 3.57. The average molecular weight is 289 g/mol. The smallest absolute Gasteiger partial charge is 0.370 e. The van der Waals surface area contributed by atoms with E-state index in [2.05, 4.69) is 10.3 Å². The predicted octanol–water partition coefficient (Wildman–Crippen LogP) is 3.68. The Morgan fingerprint density at radius 3 is 2.60 bits per heavy atom. The lowest BCUT2D eigenvalue weighted by atomic mass is 10.2. The fourth-order valence-corrected chi connectivity index (χ4v) is 1.96. The number of anilines is 1. The highest BCUT2D eigenvalue weighted by Gasteiger charge is 2.30. The van der Waals surface area contributed by atoms with Crippen molar-refractivity contribution < 1.29 is 13.2 Å². The van der Waals surface area contributed by atoms with Crippen LogP contribution in [0.5, 0.6) is 0 Å². The molecule has 0 unspecified atom stereocenters. The molecule has 0 amide bonds. The monoisotopic (exact) mass is 289 g/mol. The molecule has 0 aliphatic rings. The Balaban J connectivity index is 2.67. The van der Waals surface area contributed by atoms with Crippen molar-refractivity contribution in [3.05, 3.63) is 23.9 Å². The summed E-state index contributed by atoms with van der Waals surface area (Å²) >= 11 is 0. The summed E-state index contributed by atoms with van der Waals surface area (Å²) in [7, 11) is 0. The molecular formula is C14H22F3N3. The maximum absolute atomic E-state index is 12.5. The number of pyridine rings is 1. The van der Waals surface area contributed by atoms with E-state index in [9.17, 15) is 13.2 Å². The van der Waals surface area contributed by atoms with Crippen LogP contribution in [0.3, 0.4) is 0 Å². The molecule has 1 N–H and O–H groups in total. The Labute approximate surface area is 118 Å². The number of hydrogen-bond acceptors (Lipinski definition) is 3. The van der Waals surface area contributed by atoms with Crippen molar-refractivity contribution in [2.75, 3.05) is 25.0 Å². The lowest BCUT2D eigenvalue weighted by Gasteiger charge is -2.23. The van der Waals surface area contributed by atoms with E-state index in [1.807, 2.05) is 19.9 Å². The van der Waals surface area contributed by atoms with Gasteiger partial charge in [-0.3, -0.25) is 4.90 Å². The number of rotatable bonds is 8. The molecule has 0 aliphatic carbocycles. The van der Waals surface area contributed by atoms with Gasteiger partial charge < -0.3 is 5.32 Å². The molecular weight excluding hydrogens is 267 g/mol. The highest BCUT2D eigenvalue weighted by molar-refractivity contribution is 5.37. The Bertz CT molecular complexity index is 393. The standard InChI is InChI=1S/C14H22F3N3/c1-3-6-18-13-9-12(5-7-19-13)10-20(8-4-2)11-14(15,16)17/h5,7,9H,3-4,6,8,10-11H2,1-2H3,(H,18,19). The van der Waals surface area contributed by atoms with Crippen molar-refractivity contribution >= 4 is 5.82 Å². The van der Waals surface area contributed by atoms with Gasteiger partial charge in [0.2, 0.25) is 0 Å². The maximum Gasteiger partial charge on any atom is 0.401 e. The third-order valence-electron chi connectivity index (χ3n) is 2.73. The van der Waals surface area contributed by atoms with Crippen molar-refractivity contribution in [3.8, 4) is 0 Å². The first kappa shape index (κ1) is 16.8. The largest absolute Gasteiger partial charge is 0.401 e. The van der Waals surface area contributed by atoms with Gasteiger partial charge in [0, 0.05) is 19.3 Å². The fourth-order valence-electron chi connectivity index (χ4n) is 1.96. The molecule has 1 aromatic heterocycles. The van der Waals surface area contributed by atoms with Crippen LogP contribution < -0.4 is 5.32 Å². The van der Waals surface area contributed by atoms with E-state index >= 15 is 0 Å². The Morgan fingerprint density at radius 1 is 1.25 bits per heavy atom. The maximum atomic E-state index is 12.5. The van der Waals surface area contributed by atoms with Gasteiger partial charge in [0.1, 0.15) is 5.82 Å². The van der Waals surface area contributed by atoms with Gasteiger partial charge in [-0.1, -0.05) is 13.8 Å². The molecule has 0 fully saturated rings. The zero-order valence-electron chi connectivity index (χ0n) is 12.0. The van der Waals surface area contributed by atoms with E-state index < -0.39 is 12.7 Å². The molecule has 6 heteroatoms. The first-order valence-electron chi connectivity index (χ1n) is 6.92. The molecule has 0 aromatic carbocycles. The van der Waals surface area contributed by atoms with E-state index in [-0.39, 0.29) is 6.54 Å². The van der Waals surface area contributed by atoms with Gasteiger partial charge in [0.15, 0.2) is 0 Å². The molecule has 1 heterocycles. The third kappa shape index (κ3) is 6.75. The van der Waals surface area contributed by atoms with E-state index in [0.717, 1.165) is 18.5 Å². The molecule has 0 spiro atoms. The minimum Gasteiger partial charge on any atom is -0.370 e. The van der Waals surface area contributed by atoms with Gasteiger partial charge in [-0.2, -0.15) is 13.2 Å². The van der Waals surface area contributed by atoms with Crippen LogP contribution in [0.1, 0.15) is 32.3 Å². The molecule has 0 saturated heterocycles. The minimum atomic E-state index is -4.16. The summed E-state index contributed by atoms with van der Waals surface area (Å²) in [5.74, 6) is 0.716. The zero-order valence-corrected chi connectivity index (χ0v) is 12.0. The second-order valence-corrected chi connectivity index (χ2v) is 4.80. The van der Waals surface area contributed by atoms with Crippen molar-refractivity contribution in [1.82, 2.24) is 9.88 Å². The van der Waals surface area contributed by atoms with Crippen molar-refractivity contribution in [2.24, 2.45) is 0 Å². The van der Waals surface area contributed by atoms with Gasteiger partial charge in [0.25, 0.3) is 0 Å². The van der Waals surface area contributed by atoms with E-state index in [1.165, 1.54) is 4.90 Å². The van der Waals surface area contributed by atoms with Crippen LogP contribution in [0.4, 0.5) is 19.0 Å². The predicted molar refractivity (Wildman–Crippen MR) is 74.6 cm³/mol. The summed E-state index contributed by atoms with van der Waals surface area (Å²) in [5.41, 5.74) is 0.844. The van der Waals surface area contributed by atoms with E-state index in [0.29, 0.717) is 18.8 Å². The minimum absolute atomic E-state index is 0.288. The van der Waals surface area contributed by atoms with Crippen LogP contribution in [-0.2, 0) is 6.54 Å². The van der Waals surface area contributed by atoms with Gasteiger partial charge in [0.05, 0.1) is 6.54 Å². The van der Waals surface area contributed by atoms with Crippen molar-refractivity contribution in [3.63, 3.8) is 0 Å². The molecule has 114 valence electrons. The van der Waals surface area contributed by atoms with Crippen LogP contribution in [0.15, 0.2) is 18.3 Å². The van der Waals surface area contributed by atoms with Crippen LogP contribution in [0, 0.1) is 0 Å². The number of nitrogens with zero attached hydrogens (tertiary/aromatic N) is 2. The number of hydrogen-bond donors (Lipinski definition) is 1. The molecule has 20 heavy (non-hydrogen) atoms. The molecule has 0 radical (unpaired) electrons. The summed E-state index contributed by atoms with van der Waals surface area (Å²) in [4.78, 5) is 5.57. The van der Waals surface area contributed by atoms with Gasteiger partial charge in [-0.05, 0) is 37.1 Å². The van der Waals surface area contributed by atoms with Gasteiger partial charge in [-0.25, -0.2) is 4.98 Å². The van der Waals surface area contributed by atoms with E-state index in [1.54, 1.807) is 12.3 Å². The molecule has 3 nitrogen and oxygen atoms in total. The fraction of sp³-hybridized carbons (Fsp3) is 0.643. The van der Waals surface area contributed by atoms with Crippen molar-refractivity contribution in [2.45, 2.75) is 39.4 Å². The van der Waals surface area contributed by atoms with Crippen LogP contribution in [-0.4, -0.2) is 35.7 Å². The molecule has 0 atom stereocenters. The van der Waals surface area contributed by atoms with Crippen LogP contribution in [0.25, 0.3) is 0 Å². The summed E-state index contributed by atoms with van der Waals surface area (Å²) < 4.78 is 37.5. The normalized spacial score (nSPS) is 11.9. The zero-order chi connectivity index (χ0) is 15.0. The molecule has 0 saturated carbocycles. The molecule has 1 aromatic rings. The Kier molecular flexibility index (Phi) is 6.78. The number of halogens is 3. The third-order valence-corrected chi connectivity index (χ3v) is 2.73. The number of aromatic nitrogens is 1. The first-order chi connectivity index (χ1) is 9.44.